The van der Waals surface area contributed by atoms with Gasteiger partial charge in [-0.3, -0.25) is 0 Å². The summed E-state index contributed by atoms with van der Waals surface area (Å²) in [6, 6.07) is 16.5. The number of hydrogen-bond acceptors (Lipinski definition) is 4. The second-order valence-corrected chi connectivity index (χ2v) is 8.66. The van der Waals surface area contributed by atoms with Gasteiger partial charge in [0.15, 0.2) is 0 Å². The third-order valence-corrected chi connectivity index (χ3v) is 6.10. The Labute approximate surface area is 228 Å². The number of alkyl halides is 6. The number of carboxylic acid groups (broad SMARTS) is 2. The van der Waals surface area contributed by atoms with Crippen LogP contribution in [-0.2, 0) is 5.41 Å². The quantitative estimate of drug-likeness (QED) is 0.206. The molecular weight excluding hydrogens is 558 g/mol. The lowest BCUT2D eigenvalue weighted by atomic mass is 9.73. The van der Waals surface area contributed by atoms with Crippen molar-refractivity contribution >= 4 is 11.9 Å². The van der Waals surface area contributed by atoms with Gasteiger partial charge in [-0.15, -0.1) is 0 Å². The van der Waals surface area contributed by atoms with Crippen LogP contribution in [0, 0.1) is 0 Å². The molecule has 0 fully saturated rings. The van der Waals surface area contributed by atoms with Gasteiger partial charge in [-0.2, -0.15) is 26.3 Å². The summed E-state index contributed by atoms with van der Waals surface area (Å²) in [5.41, 5.74) is -6.70. The Morgan fingerprint density at radius 1 is 0.463 bits per heavy atom. The standard InChI is InChI=1S/C29H18F6O6/c30-28(31,32)27(29(33,34)35,19-5-13-23(14-6-19)40-21-9-1-17(2-10-21)25(36)37)20-7-15-24(16-8-20)41-22-11-3-18(4-12-22)26(38)39/h1-16H,(H,36,37)(H,38,39). The topological polar surface area (TPSA) is 93.1 Å². The second kappa shape index (κ2) is 10.9. The molecule has 212 valence electrons. The zero-order valence-corrected chi connectivity index (χ0v) is 20.5. The van der Waals surface area contributed by atoms with Crippen LogP contribution >= 0.6 is 0 Å². The van der Waals surface area contributed by atoms with Gasteiger partial charge in [0.05, 0.1) is 11.1 Å². The molecule has 6 nitrogen and oxygen atoms in total. The summed E-state index contributed by atoms with van der Waals surface area (Å²) in [5.74, 6) is -2.29. The lowest BCUT2D eigenvalue weighted by Crippen LogP contribution is -2.54. The van der Waals surface area contributed by atoms with Gasteiger partial charge in [0.1, 0.15) is 23.0 Å². The van der Waals surface area contributed by atoms with Crippen LogP contribution in [0.5, 0.6) is 23.0 Å². The number of carbonyl (C=O) groups is 2. The van der Waals surface area contributed by atoms with Crippen LogP contribution in [0.4, 0.5) is 26.3 Å². The van der Waals surface area contributed by atoms with E-state index in [9.17, 15) is 35.9 Å². The van der Waals surface area contributed by atoms with Gasteiger partial charge in [-0.05, 0) is 83.9 Å². The molecule has 4 rings (SSSR count). The molecule has 0 aromatic heterocycles. The van der Waals surface area contributed by atoms with Crippen LogP contribution < -0.4 is 9.47 Å². The van der Waals surface area contributed by atoms with Gasteiger partial charge < -0.3 is 19.7 Å². The third kappa shape index (κ3) is 5.81. The first-order valence-corrected chi connectivity index (χ1v) is 11.6. The first-order chi connectivity index (χ1) is 19.2. The summed E-state index contributed by atoms with van der Waals surface area (Å²) in [5, 5.41) is 17.9. The second-order valence-electron chi connectivity index (χ2n) is 8.66. The highest BCUT2D eigenvalue weighted by Crippen LogP contribution is 2.56. The van der Waals surface area contributed by atoms with E-state index in [4.69, 9.17) is 19.7 Å². The van der Waals surface area contributed by atoms with E-state index in [2.05, 4.69) is 0 Å². The summed E-state index contributed by atoms with van der Waals surface area (Å²) in [6.07, 6.45) is -11.6. The fourth-order valence-electron chi connectivity index (χ4n) is 4.13. The number of rotatable bonds is 8. The average Bonchev–Trinajstić information content (AvgIpc) is 2.90. The molecule has 0 bridgehead atoms. The maximum Gasteiger partial charge on any atom is 0.411 e. The van der Waals surface area contributed by atoms with Crippen LogP contribution in [-0.4, -0.2) is 34.5 Å². The molecule has 0 unspecified atom stereocenters. The molecule has 0 atom stereocenters. The fraction of sp³-hybridized carbons (Fsp3) is 0.103. The van der Waals surface area contributed by atoms with E-state index in [-0.39, 0.29) is 34.1 Å². The smallest absolute Gasteiger partial charge is 0.411 e. The molecule has 0 saturated heterocycles. The molecule has 0 heterocycles. The molecular formula is C29H18F6O6. The maximum atomic E-state index is 14.5. The van der Waals surface area contributed by atoms with E-state index in [1.54, 1.807) is 0 Å². The number of benzene rings is 4. The Hall–Kier alpha value is -5.00. The van der Waals surface area contributed by atoms with E-state index in [0.717, 1.165) is 24.3 Å². The van der Waals surface area contributed by atoms with Gasteiger partial charge in [0.25, 0.3) is 0 Å². The van der Waals surface area contributed by atoms with E-state index >= 15 is 0 Å². The maximum absolute atomic E-state index is 14.5. The molecule has 4 aromatic rings. The lowest BCUT2D eigenvalue weighted by molar-refractivity contribution is -0.288. The Morgan fingerprint density at radius 3 is 0.927 bits per heavy atom. The van der Waals surface area contributed by atoms with Gasteiger partial charge >= 0.3 is 24.3 Å². The molecule has 0 saturated carbocycles. The van der Waals surface area contributed by atoms with Crippen molar-refractivity contribution in [3.63, 3.8) is 0 Å². The highest BCUT2D eigenvalue weighted by atomic mass is 19.4. The highest BCUT2D eigenvalue weighted by molar-refractivity contribution is 5.88. The third-order valence-electron chi connectivity index (χ3n) is 6.10. The predicted molar refractivity (Wildman–Crippen MR) is 133 cm³/mol. The van der Waals surface area contributed by atoms with Crippen LogP contribution in [0.3, 0.4) is 0 Å². The Kier molecular flexibility index (Phi) is 7.69. The monoisotopic (exact) mass is 576 g/mol. The minimum Gasteiger partial charge on any atom is -0.478 e. The van der Waals surface area contributed by atoms with Crippen molar-refractivity contribution in [2.75, 3.05) is 0 Å². The van der Waals surface area contributed by atoms with E-state index in [1.807, 2.05) is 0 Å². The minimum absolute atomic E-state index is 0.0413. The van der Waals surface area contributed by atoms with Crippen LogP contribution in [0.2, 0.25) is 0 Å². The zero-order valence-electron chi connectivity index (χ0n) is 20.5. The lowest BCUT2D eigenvalue weighted by Gasteiger charge is -2.38. The van der Waals surface area contributed by atoms with Crippen molar-refractivity contribution in [3.8, 4) is 23.0 Å². The van der Waals surface area contributed by atoms with Crippen molar-refractivity contribution in [1.82, 2.24) is 0 Å². The molecule has 4 aromatic carbocycles. The Balaban J connectivity index is 1.67. The molecule has 0 amide bonds. The summed E-state index contributed by atoms with van der Waals surface area (Å²) in [4.78, 5) is 21.9. The van der Waals surface area contributed by atoms with Crippen LogP contribution in [0.15, 0.2) is 97.1 Å². The Morgan fingerprint density at radius 2 is 0.707 bits per heavy atom. The number of ether oxygens (including phenoxy) is 2. The predicted octanol–water partition coefficient (Wildman–Crippen LogP) is 8.08. The van der Waals surface area contributed by atoms with Crippen molar-refractivity contribution in [2.24, 2.45) is 0 Å². The molecule has 2 N–H and O–H groups in total. The molecule has 0 aliphatic rings. The molecule has 0 aliphatic heterocycles. The largest absolute Gasteiger partial charge is 0.478 e. The van der Waals surface area contributed by atoms with Gasteiger partial charge in [0.2, 0.25) is 5.41 Å². The molecule has 41 heavy (non-hydrogen) atoms. The first-order valence-electron chi connectivity index (χ1n) is 11.6. The SMILES string of the molecule is O=C(O)c1ccc(Oc2ccc(C(c3ccc(Oc4ccc(C(=O)O)cc4)cc3)(C(F)(F)F)C(F)(F)F)cc2)cc1. The summed E-state index contributed by atoms with van der Waals surface area (Å²) in [6.45, 7) is 0. The summed E-state index contributed by atoms with van der Waals surface area (Å²) in [7, 11) is 0. The average molecular weight is 576 g/mol. The molecule has 0 aliphatic carbocycles. The van der Waals surface area contributed by atoms with Crippen LogP contribution in [0.25, 0.3) is 0 Å². The van der Waals surface area contributed by atoms with E-state index in [1.165, 1.54) is 48.5 Å². The van der Waals surface area contributed by atoms with Gasteiger partial charge in [-0.1, -0.05) is 24.3 Å². The van der Waals surface area contributed by atoms with Crippen LogP contribution in [0.1, 0.15) is 31.8 Å². The van der Waals surface area contributed by atoms with Crippen molar-refractivity contribution in [2.45, 2.75) is 17.8 Å². The van der Waals surface area contributed by atoms with Crippen molar-refractivity contribution in [1.29, 1.82) is 0 Å². The van der Waals surface area contributed by atoms with Crippen molar-refractivity contribution in [3.05, 3.63) is 119 Å². The van der Waals surface area contributed by atoms with Gasteiger partial charge in [0, 0.05) is 0 Å². The molecule has 0 spiro atoms. The number of halogens is 6. The Bertz CT molecular complexity index is 1410. The first kappa shape index (κ1) is 29.0. The molecule has 0 radical (unpaired) electrons. The summed E-state index contributed by atoms with van der Waals surface area (Å²) < 4.78 is 97.7. The number of hydrogen-bond donors (Lipinski definition) is 2. The van der Waals surface area contributed by atoms with Crippen molar-refractivity contribution < 1.29 is 55.6 Å². The molecule has 12 heteroatoms. The summed E-state index contributed by atoms with van der Waals surface area (Å²) >= 11 is 0. The minimum atomic E-state index is -5.81. The van der Waals surface area contributed by atoms with Gasteiger partial charge in [-0.25, -0.2) is 9.59 Å². The normalized spacial score (nSPS) is 12.0. The number of carboxylic acids is 2. The fourth-order valence-corrected chi connectivity index (χ4v) is 4.13. The number of aromatic carboxylic acids is 2. The van der Waals surface area contributed by atoms with E-state index < -0.39 is 40.8 Å². The van der Waals surface area contributed by atoms with E-state index in [0.29, 0.717) is 24.3 Å². The highest BCUT2D eigenvalue weighted by Gasteiger charge is 2.72. The zero-order chi connectivity index (χ0) is 30.0.